The van der Waals surface area contributed by atoms with Crippen LogP contribution in [0.3, 0.4) is 0 Å². The first-order chi connectivity index (χ1) is 10.6. The number of hydrogen-bond acceptors (Lipinski definition) is 5. The zero-order valence-electron chi connectivity index (χ0n) is 14.9. The van der Waals surface area contributed by atoms with Crippen molar-refractivity contribution in [2.24, 2.45) is 0 Å². The second-order valence-electron chi connectivity index (χ2n) is 6.35. The molecular formula is C16H28NO4PSi. The maximum absolute atomic E-state index is 13.3. The van der Waals surface area contributed by atoms with E-state index in [1.807, 2.05) is 12.1 Å². The Morgan fingerprint density at radius 3 is 1.96 bits per heavy atom. The van der Waals surface area contributed by atoms with E-state index < -0.39 is 21.6 Å². The summed E-state index contributed by atoms with van der Waals surface area (Å²) in [5.41, 5.74) is 1.44. The van der Waals surface area contributed by atoms with Crippen LogP contribution in [0.25, 0.3) is 0 Å². The summed E-state index contributed by atoms with van der Waals surface area (Å²) in [6.45, 7) is 12.1. The van der Waals surface area contributed by atoms with E-state index in [4.69, 9.17) is 9.05 Å². The van der Waals surface area contributed by atoms with Crippen molar-refractivity contribution in [3.63, 3.8) is 0 Å². The first kappa shape index (κ1) is 20.3. The molecule has 1 aromatic rings. The van der Waals surface area contributed by atoms with Crippen molar-refractivity contribution in [3.8, 4) is 0 Å². The minimum absolute atomic E-state index is 0.00375. The van der Waals surface area contributed by atoms with Crippen LogP contribution >= 0.6 is 7.60 Å². The smallest absolute Gasteiger partial charge is 0.321 e. The SMILES string of the molecule is CCOP(=O)(OCC)C(N[Si](C)(C)C)c1ccc(C(C)=O)cc1. The van der Waals surface area contributed by atoms with Crippen molar-refractivity contribution in [1.29, 1.82) is 0 Å². The average molecular weight is 357 g/mol. The first-order valence-electron chi connectivity index (χ1n) is 7.90. The standard InChI is InChI=1S/C16H28NO4PSi/c1-7-20-22(19,21-8-2)16(17-23(4,5)6)15-11-9-14(10-12-15)13(3)18/h9-12,16-17H,7-8H2,1-6H3. The van der Waals surface area contributed by atoms with Gasteiger partial charge in [-0.05, 0) is 26.3 Å². The molecule has 0 heterocycles. The van der Waals surface area contributed by atoms with Gasteiger partial charge in [0.1, 0.15) is 14.0 Å². The van der Waals surface area contributed by atoms with Crippen LogP contribution in [0.1, 0.15) is 42.5 Å². The van der Waals surface area contributed by atoms with Gasteiger partial charge in [-0.3, -0.25) is 9.36 Å². The zero-order chi connectivity index (χ0) is 17.7. The molecule has 1 aromatic carbocycles. The van der Waals surface area contributed by atoms with Crippen LogP contribution in [0, 0.1) is 0 Å². The summed E-state index contributed by atoms with van der Waals surface area (Å²) in [5.74, 6) is -0.529. The van der Waals surface area contributed by atoms with Crippen LogP contribution in [0.4, 0.5) is 0 Å². The predicted molar refractivity (Wildman–Crippen MR) is 96.5 cm³/mol. The monoisotopic (exact) mass is 357 g/mol. The Hall–Kier alpha value is -0.783. The van der Waals surface area contributed by atoms with Crippen molar-refractivity contribution < 1.29 is 18.4 Å². The van der Waals surface area contributed by atoms with Gasteiger partial charge in [0.25, 0.3) is 0 Å². The Morgan fingerprint density at radius 2 is 1.61 bits per heavy atom. The molecule has 0 fully saturated rings. The van der Waals surface area contributed by atoms with Crippen molar-refractivity contribution >= 4 is 21.6 Å². The Kier molecular flexibility index (Phi) is 7.36. The molecule has 130 valence electrons. The quantitative estimate of drug-likeness (QED) is 0.398. The van der Waals surface area contributed by atoms with E-state index >= 15 is 0 Å². The third kappa shape index (κ3) is 5.97. The molecule has 1 atom stereocenters. The van der Waals surface area contributed by atoms with Crippen molar-refractivity contribution in [1.82, 2.24) is 4.98 Å². The predicted octanol–water partition coefficient (Wildman–Crippen LogP) is 4.58. The summed E-state index contributed by atoms with van der Waals surface area (Å²) < 4.78 is 24.3. The first-order valence-corrected chi connectivity index (χ1v) is 13.0. The highest BCUT2D eigenvalue weighted by molar-refractivity contribution is 7.54. The summed E-state index contributed by atoms with van der Waals surface area (Å²) in [6, 6.07) is 7.13. The van der Waals surface area contributed by atoms with E-state index in [0.29, 0.717) is 18.8 Å². The van der Waals surface area contributed by atoms with Gasteiger partial charge in [0.05, 0.1) is 13.2 Å². The summed E-state index contributed by atoms with van der Waals surface area (Å²) in [4.78, 5) is 14.9. The van der Waals surface area contributed by atoms with Gasteiger partial charge >= 0.3 is 7.60 Å². The normalized spacial score (nSPS) is 13.8. The number of Topliss-reactive ketones (excluding diaryl/α,β-unsaturated/α-hetero) is 1. The zero-order valence-corrected chi connectivity index (χ0v) is 16.8. The van der Waals surface area contributed by atoms with Gasteiger partial charge in [-0.25, -0.2) is 0 Å². The van der Waals surface area contributed by atoms with Crippen LogP contribution in [0.15, 0.2) is 24.3 Å². The van der Waals surface area contributed by atoms with Gasteiger partial charge in [0, 0.05) is 5.56 Å². The molecule has 7 heteroatoms. The summed E-state index contributed by atoms with van der Waals surface area (Å²) in [7, 11) is -5.10. The van der Waals surface area contributed by atoms with Crippen LogP contribution in [-0.2, 0) is 13.6 Å². The molecule has 0 aliphatic heterocycles. The molecule has 0 amide bonds. The Labute approximate surface area is 140 Å². The maximum Gasteiger partial charge on any atom is 0.351 e. The number of carbonyl (C=O) groups is 1. The number of carbonyl (C=O) groups excluding carboxylic acids is 1. The summed E-state index contributed by atoms with van der Waals surface area (Å²) in [5, 5.41) is 0. The maximum atomic E-state index is 13.3. The lowest BCUT2D eigenvalue weighted by Crippen LogP contribution is -2.44. The number of ketones is 1. The largest absolute Gasteiger partial charge is 0.351 e. The fourth-order valence-corrected chi connectivity index (χ4v) is 6.61. The van der Waals surface area contributed by atoms with Crippen LogP contribution in [0.2, 0.25) is 19.6 Å². The topological polar surface area (TPSA) is 64.6 Å². The third-order valence-corrected chi connectivity index (χ3v) is 6.83. The lowest BCUT2D eigenvalue weighted by molar-refractivity contribution is 0.101. The lowest BCUT2D eigenvalue weighted by atomic mass is 10.1. The molecule has 0 aliphatic rings. The molecule has 0 radical (unpaired) electrons. The fraction of sp³-hybridized carbons (Fsp3) is 0.562. The van der Waals surface area contributed by atoms with Crippen LogP contribution < -0.4 is 4.98 Å². The number of rotatable bonds is 9. The van der Waals surface area contributed by atoms with Crippen molar-refractivity contribution in [3.05, 3.63) is 35.4 Å². The second kappa shape index (κ2) is 8.35. The van der Waals surface area contributed by atoms with Gasteiger partial charge in [-0.2, -0.15) is 0 Å². The van der Waals surface area contributed by atoms with Crippen LogP contribution in [0.5, 0.6) is 0 Å². The fourth-order valence-electron chi connectivity index (χ4n) is 2.20. The minimum atomic E-state index is -3.35. The van der Waals surface area contributed by atoms with Gasteiger partial charge in [0.15, 0.2) is 5.78 Å². The molecule has 23 heavy (non-hydrogen) atoms. The van der Waals surface area contributed by atoms with Gasteiger partial charge < -0.3 is 14.0 Å². The molecule has 5 nitrogen and oxygen atoms in total. The number of nitrogens with one attached hydrogen (secondary N) is 1. The summed E-state index contributed by atoms with van der Waals surface area (Å²) >= 11 is 0. The Bertz CT molecular complexity index is 558. The molecule has 1 rings (SSSR count). The minimum Gasteiger partial charge on any atom is -0.321 e. The summed E-state index contributed by atoms with van der Waals surface area (Å²) in [6.07, 6.45) is 0. The molecule has 0 saturated carbocycles. The number of hydrogen-bond donors (Lipinski definition) is 1. The molecular weight excluding hydrogens is 329 g/mol. The Balaban J connectivity index is 3.28. The molecule has 0 saturated heterocycles. The van der Waals surface area contributed by atoms with Gasteiger partial charge in [0.2, 0.25) is 0 Å². The molecule has 0 spiro atoms. The Morgan fingerprint density at radius 1 is 1.13 bits per heavy atom. The van der Waals surface area contributed by atoms with E-state index in [1.54, 1.807) is 26.0 Å². The molecule has 1 unspecified atom stereocenters. The molecule has 0 aromatic heterocycles. The molecule has 0 aliphatic carbocycles. The van der Waals surface area contributed by atoms with Gasteiger partial charge in [-0.1, -0.05) is 43.9 Å². The molecule has 1 N–H and O–H groups in total. The van der Waals surface area contributed by atoms with Crippen molar-refractivity contribution in [2.45, 2.75) is 46.2 Å². The van der Waals surface area contributed by atoms with E-state index in [9.17, 15) is 9.36 Å². The second-order valence-corrected chi connectivity index (χ2v) is 13.3. The van der Waals surface area contributed by atoms with Gasteiger partial charge in [-0.15, -0.1) is 0 Å². The van der Waals surface area contributed by atoms with E-state index in [0.717, 1.165) is 5.56 Å². The highest BCUT2D eigenvalue weighted by Gasteiger charge is 2.39. The lowest BCUT2D eigenvalue weighted by Gasteiger charge is -2.32. The third-order valence-electron chi connectivity index (χ3n) is 3.14. The average Bonchev–Trinajstić information content (AvgIpc) is 2.44. The van der Waals surface area contributed by atoms with Crippen LogP contribution in [-0.4, -0.2) is 27.2 Å². The highest BCUT2D eigenvalue weighted by atomic mass is 31.2. The number of benzene rings is 1. The van der Waals surface area contributed by atoms with E-state index in [-0.39, 0.29) is 5.78 Å². The highest BCUT2D eigenvalue weighted by Crippen LogP contribution is 2.59. The van der Waals surface area contributed by atoms with Crippen molar-refractivity contribution in [2.75, 3.05) is 13.2 Å². The van der Waals surface area contributed by atoms with E-state index in [2.05, 4.69) is 24.6 Å². The van der Waals surface area contributed by atoms with E-state index in [1.165, 1.54) is 6.92 Å². The molecule has 0 bridgehead atoms.